The van der Waals surface area contributed by atoms with E-state index < -0.39 is 0 Å². The van der Waals surface area contributed by atoms with Gasteiger partial charge in [-0.25, -0.2) is 9.67 Å². The van der Waals surface area contributed by atoms with E-state index in [9.17, 15) is 0 Å². The second-order valence-electron chi connectivity index (χ2n) is 5.54. The normalized spacial score (nSPS) is 11.1. The zero-order valence-electron chi connectivity index (χ0n) is 13.8. The van der Waals surface area contributed by atoms with Crippen molar-refractivity contribution in [3.63, 3.8) is 0 Å². The summed E-state index contributed by atoms with van der Waals surface area (Å²) in [7, 11) is 1.71. The van der Waals surface area contributed by atoms with Gasteiger partial charge < -0.3 is 10.1 Å². The lowest BCUT2D eigenvalue weighted by molar-refractivity contribution is 0.198. The number of aryl methyl sites for hydroxylation is 1. The molecule has 1 aromatic rings. The van der Waals surface area contributed by atoms with Crippen LogP contribution in [0.4, 0.5) is 0 Å². The van der Waals surface area contributed by atoms with Crippen molar-refractivity contribution in [3.8, 4) is 0 Å². The van der Waals surface area contributed by atoms with Crippen molar-refractivity contribution in [1.29, 1.82) is 0 Å². The summed E-state index contributed by atoms with van der Waals surface area (Å²) in [4.78, 5) is 4.31. The quantitative estimate of drug-likeness (QED) is 0.536. The van der Waals surface area contributed by atoms with Gasteiger partial charge in [0.25, 0.3) is 0 Å². The molecule has 0 aromatic carbocycles. The van der Waals surface area contributed by atoms with E-state index in [1.807, 2.05) is 4.68 Å². The van der Waals surface area contributed by atoms with Crippen LogP contribution in [0, 0.1) is 0 Å². The first-order valence-electron chi connectivity index (χ1n) is 8.44. The molecule has 0 aliphatic rings. The van der Waals surface area contributed by atoms with Crippen LogP contribution >= 0.6 is 0 Å². The smallest absolute Gasteiger partial charge is 0.140 e. The van der Waals surface area contributed by atoms with E-state index in [1.165, 1.54) is 51.4 Å². The Balaban J connectivity index is 2.05. The molecule has 0 saturated carbocycles. The molecule has 0 fully saturated rings. The SMILES string of the molecule is CCCCCCCCCCn1ncnc1CNCCOC. The summed E-state index contributed by atoms with van der Waals surface area (Å²) in [6.45, 7) is 5.59. The highest BCUT2D eigenvalue weighted by molar-refractivity contribution is 4.83. The third-order valence-electron chi connectivity index (χ3n) is 3.69. The monoisotopic (exact) mass is 296 g/mol. The number of rotatable bonds is 14. The molecule has 0 radical (unpaired) electrons. The molecule has 0 spiro atoms. The largest absolute Gasteiger partial charge is 0.383 e. The summed E-state index contributed by atoms with van der Waals surface area (Å²) in [5.41, 5.74) is 0. The predicted molar refractivity (Wildman–Crippen MR) is 86.2 cm³/mol. The van der Waals surface area contributed by atoms with Gasteiger partial charge in [-0.3, -0.25) is 0 Å². The molecule has 0 atom stereocenters. The second kappa shape index (κ2) is 12.8. The van der Waals surface area contributed by atoms with Crippen LogP contribution in [0.15, 0.2) is 6.33 Å². The highest BCUT2D eigenvalue weighted by Gasteiger charge is 2.03. The Hall–Kier alpha value is -0.940. The van der Waals surface area contributed by atoms with E-state index in [1.54, 1.807) is 13.4 Å². The molecule has 0 unspecified atom stereocenters. The van der Waals surface area contributed by atoms with Crippen molar-refractivity contribution in [3.05, 3.63) is 12.2 Å². The van der Waals surface area contributed by atoms with Crippen LogP contribution in [0.2, 0.25) is 0 Å². The van der Waals surface area contributed by atoms with Gasteiger partial charge in [-0.1, -0.05) is 51.9 Å². The van der Waals surface area contributed by atoms with Crippen LogP contribution < -0.4 is 5.32 Å². The minimum absolute atomic E-state index is 0.728. The zero-order chi connectivity index (χ0) is 15.2. The molecule has 21 heavy (non-hydrogen) atoms. The number of nitrogens with zero attached hydrogens (tertiary/aromatic N) is 3. The van der Waals surface area contributed by atoms with Crippen LogP contribution in [-0.2, 0) is 17.8 Å². The van der Waals surface area contributed by atoms with E-state index in [2.05, 4.69) is 22.3 Å². The number of nitrogens with one attached hydrogen (secondary N) is 1. The minimum atomic E-state index is 0.728. The highest BCUT2D eigenvalue weighted by Crippen LogP contribution is 2.09. The van der Waals surface area contributed by atoms with Crippen molar-refractivity contribution in [2.75, 3.05) is 20.3 Å². The molecule has 0 aliphatic carbocycles. The molecule has 5 heteroatoms. The van der Waals surface area contributed by atoms with Crippen LogP contribution in [0.25, 0.3) is 0 Å². The predicted octanol–water partition coefficient (Wildman–Crippen LogP) is 3.15. The van der Waals surface area contributed by atoms with Crippen molar-refractivity contribution in [2.24, 2.45) is 0 Å². The first-order chi connectivity index (χ1) is 10.4. The lowest BCUT2D eigenvalue weighted by Crippen LogP contribution is -2.21. The number of methoxy groups -OCH3 is 1. The standard InChI is InChI=1S/C16H32N4O/c1-3-4-5-6-7-8-9-10-12-20-16(18-15-19-20)14-17-11-13-21-2/h15,17H,3-14H2,1-2H3. The van der Waals surface area contributed by atoms with E-state index >= 15 is 0 Å². The van der Waals surface area contributed by atoms with Crippen molar-refractivity contribution >= 4 is 0 Å². The third-order valence-corrected chi connectivity index (χ3v) is 3.69. The van der Waals surface area contributed by atoms with Crippen LogP contribution in [-0.4, -0.2) is 35.0 Å². The topological polar surface area (TPSA) is 52.0 Å². The summed E-state index contributed by atoms with van der Waals surface area (Å²) in [5, 5.41) is 7.62. The molecule has 0 bridgehead atoms. The summed E-state index contributed by atoms with van der Waals surface area (Å²) >= 11 is 0. The Bertz CT molecular complexity index is 341. The first kappa shape index (κ1) is 18.1. The maximum absolute atomic E-state index is 5.01. The van der Waals surface area contributed by atoms with Gasteiger partial charge in [0, 0.05) is 20.2 Å². The molecule has 1 aromatic heterocycles. The number of hydrogen-bond donors (Lipinski definition) is 1. The molecular formula is C16H32N4O. The van der Waals surface area contributed by atoms with Gasteiger partial charge >= 0.3 is 0 Å². The number of unbranched alkanes of at least 4 members (excludes halogenated alkanes) is 7. The van der Waals surface area contributed by atoms with Gasteiger partial charge in [-0.05, 0) is 6.42 Å². The summed E-state index contributed by atoms with van der Waals surface area (Å²) in [5.74, 6) is 1.02. The van der Waals surface area contributed by atoms with Crippen LogP contribution in [0.5, 0.6) is 0 Å². The van der Waals surface area contributed by atoms with Crippen molar-refractivity contribution in [1.82, 2.24) is 20.1 Å². The maximum Gasteiger partial charge on any atom is 0.140 e. The van der Waals surface area contributed by atoms with E-state index in [-0.39, 0.29) is 0 Å². The van der Waals surface area contributed by atoms with Gasteiger partial charge in [0.15, 0.2) is 0 Å². The van der Waals surface area contributed by atoms with E-state index in [0.717, 1.165) is 32.1 Å². The molecule has 0 saturated heterocycles. The molecule has 1 N–H and O–H groups in total. The minimum Gasteiger partial charge on any atom is -0.383 e. The average molecular weight is 296 g/mol. The fourth-order valence-electron chi connectivity index (χ4n) is 2.38. The van der Waals surface area contributed by atoms with Crippen LogP contribution in [0.1, 0.15) is 64.1 Å². The molecule has 122 valence electrons. The lowest BCUT2D eigenvalue weighted by Gasteiger charge is -2.07. The number of hydrogen-bond acceptors (Lipinski definition) is 4. The van der Waals surface area contributed by atoms with Gasteiger partial charge in [0.1, 0.15) is 12.2 Å². The first-order valence-corrected chi connectivity index (χ1v) is 8.44. The molecular weight excluding hydrogens is 264 g/mol. The Labute approximate surface area is 129 Å². The maximum atomic E-state index is 5.01. The van der Waals surface area contributed by atoms with Crippen molar-refractivity contribution < 1.29 is 4.74 Å². The molecule has 1 rings (SSSR count). The fourth-order valence-corrected chi connectivity index (χ4v) is 2.38. The fraction of sp³-hybridized carbons (Fsp3) is 0.875. The summed E-state index contributed by atoms with van der Waals surface area (Å²) in [6, 6.07) is 0. The van der Waals surface area contributed by atoms with Gasteiger partial charge in [0.2, 0.25) is 0 Å². The molecule has 0 amide bonds. The highest BCUT2D eigenvalue weighted by atomic mass is 16.5. The van der Waals surface area contributed by atoms with Gasteiger partial charge in [-0.2, -0.15) is 5.10 Å². The number of ether oxygens (including phenoxy) is 1. The number of aromatic nitrogens is 3. The molecule has 0 aliphatic heterocycles. The Morgan fingerprint density at radius 1 is 1.10 bits per heavy atom. The van der Waals surface area contributed by atoms with Crippen LogP contribution in [0.3, 0.4) is 0 Å². The second-order valence-corrected chi connectivity index (χ2v) is 5.54. The zero-order valence-corrected chi connectivity index (χ0v) is 13.8. The van der Waals surface area contributed by atoms with E-state index in [4.69, 9.17) is 4.74 Å². The summed E-state index contributed by atoms with van der Waals surface area (Å²) in [6.07, 6.45) is 12.4. The Morgan fingerprint density at radius 2 is 1.81 bits per heavy atom. The Morgan fingerprint density at radius 3 is 2.52 bits per heavy atom. The average Bonchev–Trinajstić information content (AvgIpc) is 2.94. The van der Waals surface area contributed by atoms with Gasteiger partial charge in [0.05, 0.1) is 13.2 Å². The van der Waals surface area contributed by atoms with Gasteiger partial charge in [-0.15, -0.1) is 0 Å². The summed E-state index contributed by atoms with van der Waals surface area (Å²) < 4.78 is 7.04. The van der Waals surface area contributed by atoms with Crippen molar-refractivity contribution in [2.45, 2.75) is 71.4 Å². The lowest BCUT2D eigenvalue weighted by atomic mass is 10.1. The molecule has 1 heterocycles. The molecule has 5 nitrogen and oxygen atoms in total. The Kier molecular flexibility index (Phi) is 11.0. The van der Waals surface area contributed by atoms with E-state index in [0.29, 0.717) is 0 Å². The third kappa shape index (κ3) is 8.83.